The maximum atomic E-state index is 12.3. The number of methoxy groups -OCH3 is 2. The Morgan fingerprint density at radius 1 is 0.870 bits per heavy atom. The average Bonchev–Trinajstić information content (AvgIpc) is 3.04. The van der Waals surface area contributed by atoms with Gasteiger partial charge < -0.3 is 58.7 Å². The van der Waals surface area contributed by atoms with Crippen molar-refractivity contribution in [3.05, 3.63) is 76.5 Å². The molecule has 1 aliphatic carbocycles. The van der Waals surface area contributed by atoms with E-state index in [1.807, 2.05) is 0 Å². The van der Waals surface area contributed by atoms with E-state index in [-0.39, 0.29) is 51.4 Å². The highest BCUT2D eigenvalue weighted by Crippen LogP contribution is 2.46. The summed E-state index contributed by atoms with van der Waals surface area (Å²) in [4.78, 5) is 24.4. The SMILES string of the molecule is COc1cc(-c2oc3cc(=O)cc(O)c-3cc2O[C@@H]2O[C@H](COC(=O)C=Cc3ccc(O)cc3)[C@H](O)[C@H](O)[C@H]2O)cc(OC)c1O. The molecular formula is C32H30O14. The first-order chi connectivity index (χ1) is 22.0. The number of phenols is 3. The van der Waals surface area contributed by atoms with Gasteiger partial charge in [0.05, 0.1) is 19.8 Å². The minimum atomic E-state index is -1.82. The van der Waals surface area contributed by atoms with Crippen LogP contribution >= 0.6 is 0 Å². The Hall–Kier alpha value is -5.28. The fourth-order valence-electron chi connectivity index (χ4n) is 4.73. The molecule has 5 rings (SSSR count). The summed E-state index contributed by atoms with van der Waals surface area (Å²) in [6, 6.07) is 12.2. The van der Waals surface area contributed by atoms with Crippen LogP contribution in [0, 0.1) is 0 Å². The molecular weight excluding hydrogens is 608 g/mol. The fourth-order valence-corrected chi connectivity index (χ4v) is 4.73. The molecule has 0 amide bonds. The molecule has 0 aromatic heterocycles. The molecule has 2 aromatic carbocycles. The molecule has 1 saturated heterocycles. The zero-order valence-electron chi connectivity index (χ0n) is 24.4. The van der Waals surface area contributed by atoms with Gasteiger partial charge in [-0.2, -0.15) is 0 Å². The molecule has 6 N–H and O–H groups in total. The van der Waals surface area contributed by atoms with Crippen molar-refractivity contribution in [2.24, 2.45) is 0 Å². The number of aromatic hydroxyl groups is 3. The molecule has 0 radical (unpaired) electrons. The van der Waals surface area contributed by atoms with E-state index < -0.39 is 54.5 Å². The molecule has 0 bridgehead atoms. The molecule has 14 heteroatoms. The Morgan fingerprint density at radius 2 is 1.54 bits per heavy atom. The standard InChI is InChI=1S/C32H30O14/c1-41-22-9-16(10-23(42-2)27(22)37)31-24(13-19-20(35)11-18(34)12-21(19)44-31)45-32-30(40)29(39)28(38)25(46-32)14-43-26(36)8-5-15-3-6-17(33)7-4-15/h3-13,25,28-30,32-33,35,37-40H,14H2,1-2H3/t25-,28+,29+,30-,32-/m1/s1. The summed E-state index contributed by atoms with van der Waals surface area (Å²) in [6.45, 7) is -0.544. The van der Waals surface area contributed by atoms with Crippen molar-refractivity contribution in [1.29, 1.82) is 0 Å². The van der Waals surface area contributed by atoms with E-state index in [1.165, 1.54) is 50.6 Å². The number of aliphatic hydroxyl groups excluding tert-OH is 3. The van der Waals surface area contributed by atoms with Gasteiger partial charge >= 0.3 is 5.97 Å². The summed E-state index contributed by atoms with van der Waals surface area (Å²) in [6.07, 6.45) is -5.79. The third kappa shape index (κ3) is 6.69. The van der Waals surface area contributed by atoms with Gasteiger partial charge in [-0.3, -0.25) is 4.79 Å². The Morgan fingerprint density at radius 3 is 2.20 bits per heavy atom. The number of ether oxygens (including phenoxy) is 5. The second kappa shape index (κ2) is 13.4. The van der Waals surface area contributed by atoms with Gasteiger partial charge in [-0.05, 0) is 42.0 Å². The monoisotopic (exact) mass is 638 g/mol. The van der Waals surface area contributed by atoms with Gasteiger partial charge in [0.15, 0.2) is 28.4 Å². The number of carbonyl (C=O) groups is 1. The van der Waals surface area contributed by atoms with Crippen molar-refractivity contribution in [2.45, 2.75) is 30.7 Å². The zero-order chi connectivity index (χ0) is 33.1. The summed E-state index contributed by atoms with van der Waals surface area (Å²) >= 11 is 0. The van der Waals surface area contributed by atoms with Crippen LogP contribution in [0.15, 0.2) is 69.9 Å². The fraction of sp³-hybridized carbons (Fsp3) is 0.250. The minimum absolute atomic E-state index is 0.00939. The second-order valence-electron chi connectivity index (χ2n) is 10.2. The van der Waals surface area contributed by atoms with Crippen LogP contribution in [0.2, 0.25) is 0 Å². The maximum Gasteiger partial charge on any atom is 0.330 e. The number of hydrogen-bond donors (Lipinski definition) is 6. The molecule has 2 aliphatic heterocycles. The summed E-state index contributed by atoms with van der Waals surface area (Å²) < 4.78 is 33.3. The molecule has 14 nitrogen and oxygen atoms in total. The van der Waals surface area contributed by atoms with Gasteiger partial charge in [0.25, 0.3) is 0 Å². The number of hydrogen-bond acceptors (Lipinski definition) is 14. The van der Waals surface area contributed by atoms with Crippen molar-refractivity contribution in [3.63, 3.8) is 0 Å². The average molecular weight is 639 g/mol. The molecule has 0 unspecified atom stereocenters. The lowest BCUT2D eigenvalue weighted by Gasteiger charge is -2.40. The number of aliphatic hydroxyl groups is 3. The molecule has 46 heavy (non-hydrogen) atoms. The quantitative estimate of drug-likeness (QED) is 0.114. The molecule has 2 aromatic rings. The molecule has 0 spiro atoms. The predicted octanol–water partition coefficient (Wildman–Crippen LogP) is 1.99. The third-order valence-corrected chi connectivity index (χ3v) is 7.15. The van der Waals surface area contributed by atoms with E-state index in [0.717, 1.165) is 18.2 Å². The predicted molar refractivity (Wildman–Crippen MR) is 159 cm³/mol. The van der Waals surface area contributed by atoms with Crippen LogP contribution < -0.4 is 19.6 Å². The number of carbonyl (C=O) groups excluding carboxylic acids is 1. The molecule has 242 valence electrons. The van der Waals surface area contributed by atoms with Crippen LogP contribution in [0.25, 0.3) is 28.7 Å². The van der Waals surface area contributed by atoms with Crippen LogP contribution in [0.3, 0.4) is 0 Å². The number of fused-ring (bicyclic) bond motifs is 1. The maximum absolute atomic E-state index is 12.3. The Kier molecular flexibility index (Phi) is 9.34. The number of benzene rings is 3. The zero-order valence-corrected chi connectivity index (χ0v) is 24.4. The second-order valence-corrected chi connectivity index (χ2v) is 10.2. The summed E-state index contributed by atoms with van der Waals surface area (Å²) in [7, 11) is 2.62. The molecule has 5 atom stereocenters. The number of rotatable bonds is 9. The summed E-state index contributed by atoms with van der Waals surface area (Å²) in [5.41, 5.74) is 0.310. The highest BCUT2D eigenvalue weighted by atomic mass is 16.7. The lowest BCUT2D eigenvalue weighted by Crippen LogP contribution is -2.60. The van der Waals surface area contributed by atoms with Crippen molar-refractivity contribution >= 4 is 12.0 Å². The minimum Gasteiger partial charge on any atom is -0.508 e. The van der Waals surface area contributed by atoms with Gasteiger partial charge in [0.1, 0.15) is 48.3 Å². The number of esters is 1. The number of phenolic OH excluding ortho intramolecular Hbond substituents is 3. The highest BCUT2D eigenvalue weighted by molar-refractivity contribution is 5.87. The van der Waals surface area contributed by atoms with Gasteiger partial charge in [-0.15, -0.1) is 0 Å². The van der Waals surface area contributed by atoms with Crippen LogP contribution in [-0.4, -0.2) is 88.1 Å². The van der Waals surface area contributed by atoms with Gasteiger partial charge in [-0.25, -0.2) is 4.79 Å². The molecule has 1 fully saturated rings. The van der Waals surface area contributed by atoms with E-state index >= 15 is 0 Å². The van der Waals surface area contributed by atoms with Crippen LogP contribution in [0.4, 0.5) is 0 Å². The largest absolute Gasteiger partial charge is 0.508 e. The lowest BCUT2D eigenvalue weighted by atomic mass is 9.99. The van der Waals surface area contributed by atoms with Crippen LogP contribution in [0.1, 0.15) is 5.56 Å². The summed E-state index contributed by atoms with van der Waals surface area (Å²) in [5, 5.41) is 62.2. The van der Waals surface area contributed by atoms with E-state index in [9.17, 15) is 40.2 Å². The molecule has 2 heterocycles. The van der Waals surface area contributed by atoms with Crippen LogP contribution in [-0.2, 0) is 14.3 Å². The summed E-state index contributed by atoms with van der Waals surface area (Å²) in [5.74, 6) is -1.81. The van der Waals surface area contributed by atoms with Crippen molar-refractivity contribution in [3.8, 4) is 57.1 Å². The smallest absolute Gasteiger partial charge is 0.330 e. The van der Waals surface area contributed by atoms with Crippen molar-refractivity contribution in [2.75, 3.05) is 20.8 Å². The van der Waals surface area contributed by atoms with E-state index in [4.69, 9.17) is 28.1 Å². The van der Waals surface area contributed by atoms with E-state index in [1.54, 1.807) is 12.1 Å². The Bertz CT molecular complexity index is 1740. The molecule has 0 saturated carbocycles. The normalized spacial score (nSPS) is 21.3. The van der Waals surface area contributed by atoms with Gasteiger partial charge in [0.2, 0.25) is 12.0 Å². The Balaban J connectivity index is 1.44. The first-order valence-electron chi connectivity index (χ1n) is 13.8. The van der Waals surface area contributed by atoms with Gasteiger partial charge in [0, 0.05) is 23.8 Å². The first-order valence-corrected chi connectivity index (χ1v) is 13.8. The third-order valence-electron chi connectivity index (χ3n) is 7.15. The highest BCUT2D eigenvalue weighted by Gasteiger charge is 2.46. The first kappa shape index (κ1) is 32.1. The topological polar surface area (TPSA) is 215 Å². The van der Waals surface area contributed by atoms with Crippen molar-refractivity contribution in [1.82, 2.24) is 0 Å². The lowest BCUT2D eigenvalue weighted by molar-refractivity contribution is -0.278. The van der Waals surface area contributed by atoms with Gasteiger partial charge in [-0.1, -0.05) is 12.1 Å². The molecule has 3 aliphatic rings. The van der Waals surface area contributed by atoms with Crippen LogP contribution in [0.5, 0.6) is 34.5 Å². The van der Waals surface area contributed by atoms with E-state index in [2.05, 4.69) is 0 Å². The van der Waals surface area contributed by atoms with Crippen molar-refractivity contribution < 1.29 is 63.5 Å². The Labute approximate surface area is 260 Å². The van der Waals surface area contributed by atoms with E-state index in [0.29, 0.717) is 5.56 Å².